The van der Waals surface area contributed by atoms with Gasteiger partial charge in [-0.3, -0.25) is 19.2 Å². The van der Waals surface area contributed by atoms with Crippen LogP contribution in [0.25, 0.3) is 0 Å². The van der Waals surface area contributed by atoms with Crippen LogP contribution in [-0.4, -0.2) is 39.7 Å². The molecular formula is C28H21N3O6S2. The highest BCUT2D eigenvalue weighted by Crippen LogP contribution is 2.53. The van der Waals surface area contributed by atoms with Gasteiger partial charge in [-0.2, -0.15) is 0 Å². The molecule has 4 aromatic rings. The van der Waals surface area contributed by atoms with E-state index in [1.807, 2.05) is 6.07 Å². The summed E-state index contributed by atoms with van der Waals surface area (Å²) in [7, 11) is 0. The van der Waals surface area contributed by atoms with Gasteiger partial charge in [-0.1, -0.05) is 53.4 Å². The van der Waals surface area contributed by atoms with Crippen molar-refractivity contribution in [1.29, 1.82) is 0 Å². The number of H-pyrrole nitrogens is 1. The Morgan fingerprint density at radius 1 is 0.949 bits per heavy atom. The number of carbonyl (C=O) groups is 3. The lowest BCUT2D eigenvalue weighted by Crippen LogP contribution is -2.32. The van der Waals surface area contributed by atoms with Gasteiger partial charge in [0.1, 0.15) is 16.7 Å². The number of thiazole rings is 1. The molecule has 0 unspecified atom stereocenters. The van der Waals surface area contributed by atoms with Crippen LogP contribution in [0, 0.1) is 5.92 Å². The van der Waals surface area contributed by atoms with Gasteiger partial charge >= 0.3 is 4.87 Å². The number of nitrogens with zero attached hydrogens (tertiary/aromatic N) is 1. The smallest absolute Gasteiger partial charge is 0.305 e. The van der Waals surface area contributed by atoms with E-state index in [9.17, 15) is 24.3 Å². The number of benzene rings is 3. The molecule has 196 valence electrons. The quantitative estimate of drug-likeness (QED) is 0.241. The van der Waals surface area contributed by atoms with Gasteiger partial charge in [0.05, 0.1) is 16.6 Å². The molecule has 2 aliphatic rings. The number of aromatic nitrogens is 1. The fraction of sp³-hybridized carbons (Fsp3) is 0.143. The summed E-state index contributed by atoms with van der Waals surface area (Å²) in [5.74, 6) is -1.59. The monoisotopic (exact) mass is 559 g/mol. The molecule has 0 bridgehead atoms. The number of fused-ring (bicyclic) bond motifs is 2. The summed E-state index contributed by atoms with van der Waals surface area (Å²) >= 11 is 2.28. The molecule has 1 fully saturated rings. The first-order valence-electron chi connectivity index (χ1n) is 12.0. The zero-order valence-electron chi connectivity index (χ0n) is 20.2. The van der Waals surface area contributed by atoms with Crippen molar-refractivity contribution in [1.82, 2.24) is 4.98 Å². The Balaban J connectivity index is 1.24. The van der Waals surface area contributed by atoms with Crippen molar-refractivity contribution in [3.8, 4) is 11.5 Å². The number of hydrogen-bond donors (Lipinski definition) is 3. The Bertz CT molecular complexity index is 1620. The van der Waals surface area contributed by atoms with E-state index < -0.39 is 17.1 Å². The first kappa shape index (κ1) is 25.0. The molecule has 39 heavy (non-hydrogen) atoms. The number of anilines is 2. The fourth-order valence-electron chi connectivity index (χ4n) is 4.87. The number of carbonyl (C=O) groups excluding carboxylic acids is 3. The van der Waals surface area contributed by atoms with Crippen molar-refractivity contribution in [2.75, 3.05) is 16.8 Å². The first-order valence-corrected chi connectivity index (χ1v) is 13.7. The maximum atomic E-state index is 13.7. The molecule has 11 heteroatoms. The topological polar surface area (TPSA) is 129 Å². The second kappa shape index (κ2) is 10.1. The SMILES string of the molecule is O=C(COc1ccc([C@@H]2c3sc(=O)[nH]c3S[C@H]3C(=O)N(c4ccccc4)C(=O)[C@@H]23)cc1)Nc1ccc(O)cc1. The minimum Gasteiger partial charge on any atom is -0.508 e. The molecule has 0 spiro atoms. The Kier molecular flexibility index (Phi) is 6.45. The summed E-state index contributed by atoms with van der Waals surface area (Å²) in [5.41, 5.74) is 1.81. The van der Waals surface area contributed by atoms with Crippen LogP contribution in [-0.2, 0) is 14.4 Å². The van der Waals surface area contributed by atoms with E-state index in [1.54, 1.807) is 60.7 Å². The van der Waals surface area contributed by atoms with E-state index in [-0.39, 0.29) is 35.0 Å². The molecule has 9 nitrogen and oxygen atoms in total. The molecule has 0 saturated carbocycles. The molecule has 1 aromatic heterocycles. The van der Waals surface area contributed by atoms with Crippen molar-refractivity contribution in [3.63, 3.8) is 0 Å². The van der Waals surface area contributed by atoms with Crippen LogP contribution in [0.4, 0.5) is 11.4 Å². The first-order chi connectivity index (χ1) is 18.9. The largest absolute Gasteiger partial charge is 0.508 e. The molecule has 2 aliphatic heterocycles. The molecule has 3 amide bonds. The highest BCUT2D eigenvalue weighted by molar-refractivity contribution is 8.00. The normalized spacial score (nSPS) is 19.9. The number of ether oxygens (including phenoxy) is 1. The maximum absolute atomic E-state index is 13.7. The highest BCUT2D eigenvalue weighted by Gasteiger charge is 2.56. The number of imide groups is 1. The van der Waals surface area contributed by atoms with Crippen molar-refractivity contribution < 1.29 is 24.2 Å². The van der Waals surface area contributed by atoms with E-state index in [2.05, 4.69) is 10.3 Å². The number of para-hydroxylation sites is 1. The van der Waals surface area contributed by atoms with Crippen molar-refractivity contribution in [3.05, 3.63) is 99.0 Å². The standard InChI is InChI=1S/C28H21N3O6S2/c32-18-10-8-16(9-11-18)29-20(33)14-37-19-12-6-15(7-13-19)21-22-24(38-25-23(21)39-28(36)30-25)27(35)31(26(22)34)17-4-2-1-3-5-17/h1-13,21-22,24,32H,14H2,(H,29,33)(H,30,36)/t21-,22-,24+/m0/s1. The number of thioether (sulfide) groups is 1. The third kappa shape index (κ3) is 4.70. The zero-order valence-corrected chi connectivity index (χ0v) is 21.8. The van der Waals surface area contributed by atoms with E-state index in [0.29, 0.717) is 22.2 Å². The van der Waals surface area contributed by atoms with Crippen LogP contribution in [0.15, 0.2) is 88.7 Å². The third-order valence-corrected chi connectivity index (χ3v) is 9.00. The Labute approximate surface area is 230 Å². The van der Waals surface area contributed by atoms with Crippen molar-refractivity contribution >= 4 is 52.2 Å². The number of amides is 3. The van der Waals surface area contributed by atoms with Crippen LogP contribution in [0.2, 0.25) is 0 Å². The summed E-state index contributed by atoms with van der Waals surface area (Å²) in [5, 5.41) is 12.0. The number of aromatic amines is 1. The predicted molar refractivity (Wildman–Crippen MR) is 148 cm³/mol. The van der Waals surface area contributed by atoms with E-state index in [0.717, 1.165) is 21.8 Å². The molecule has 1 saturated heterocycles. The van der Waals surface area contributed by atoms with Crippen LogP contribution in [0.3, 0.4) is 0 Å². The average Bonchev–Trinajstić information content (AvgIpc) is 3.43. The molecule has 0 aliphatic carbocycles. The molecule has 3 N–H and O–H groups in total. The Morgan fingerprint density at radius 3 is 2.38 bits per heavy atom. The van der Waals surface area contributed by atoms with Gasteiger partial charge in [-0.15, -0.1) is 0 Å². The molecular weight excluding hydrogens is 538 g/mol. The number of rotatable bonds is 6. The number of nitrogens with one attached hydrogen (secondary N) is 2. The van der Waals surface area contributed by atoms with Gasteiger partial charge in [-0.05, 0) is 54.1 Å². The summed E-state index contributed by atoms with van der Waals surface area (Å²) in [4.78, 5) is 56.2. The van der Waals surface area contributed by atoms with Crippen molar-refractivity contribution in [2.24, 2.45) is 5.92 Å². The molecule has 0 radical (unpaired) electrons. The van der Waals surface area contributed by atoms with Gasteiger partial charge in [0.25, 0.3) is 5.91 Å². The maximum Gasteiger partial charge on any atom is 0.305 e. The highest BCUT2D eigenvalue weighted by atomic mass is 32.2. The van der Waals surface area contributed by atoms with Crippen LogP contribution < -0.4 is 19.8 Å². The average molecular weight is 560 g/mol. The van der Waals surface area contributed by atoms with Crippen LogP contribution in [0.1, 0.15) is 16.4 Å². The minimum atomic E-state index is -0.676. The lowest BCUT2D eigenvalue weighted by atomic mass is 9.83. The molecule has 6 rings (SSSR count). The zero-order chi connectivity index (χ0) is 27.1. The summed E-state index contributed by atoms with van der Waals surface area (Å²) < 4.78 is 5.63. The van der Waals surface area contributed by atoms with E-state index in [1.165, 1.54) is 28.8 Å². The second-order valence-corrected chi connectivity index (χ2v) is 11.2. The van der Waals surface area contributed by atoms with Gasteiger partial charge in [0.15, 0.2) is 6.61 Å². The number of phenols is 1. The fourth-order valence-corrected chi connectivity index (χ4v) is 7.39. The van der Waals surface area contributed by atoms with Gasteiger partial charge < -0.3 is 20.1 Å². The van der Waals surface area contributed by atoms with Gasteiger partial charge in [0, 0.05) is 16.5 Å². The Morgan fingerprint density at radius 2 is 1.67 bits per heavy atom. The van der Waals surface area contributed by atoms with Crippen molar-refractivity contribution in [2.45, 2.75) is 16.2 Å². The Hall–Kier alpha value is -4.35. The molecule has 3 aromatic carbocycles. The third-order valence-electron chi connectivity index (χ3n) is 6.60. The van der Waals surface area contributed by atoms with Gasteiger partial charge in [0.2, 0.25) is 11.8 Å². The lowest BCUT2D eigenvalue weighted by Gasteiger charge is -2.29. The number of hydrogen-bond acceptors (Lipinski definition) is 8. The number of aromatic hydroxyl groups is 1. The van der Waals surface area contributed by atoms with E-state index in [4.69, 9.17) is 4.74 Å². The summed E-state index contributed by atoms with van der Waals surface area (Å²) in [6.45, 7) is -0.229. The van der Waals surface area contributed by atoms with Crippen LogP contribution in [0.5, 0.6) is 11.5 Å². The van der Waals surface area contributed by atoms with E-state index >= 15 is 0 Å². The molecule has 3 heterocycles. The lowest BCUT2D eigenvalue weighted by molar-refractivity contribution is -0.122. The summed E-state index contributed by atoms with van der Waals surface area (Å²) in [6.07, 6.45) is 0. The summed E-state index contributed by atoms with van der Waals surface area (Å²) in [6, 6.07) is 21.9. The predicted octanol–water partition coefficient (Wildman–Crippen LogP) is 3.96. The molecule has 3 atom stereocenters. The number of phenolic OH excluding ortho intramolecular Hbond substituents is 1. The van der Waals surface area contributed by atoms with Gasteiger partial charge in [-0.25, -0.2) is 4.90 Å². The minimum absolute atomic E-state index is 0.0997. The van der Waals surface area contributed by atoms with Crippen LogP contribution >= 0.6 is 23.1 Å². The second-order valence-electron chi connectivity index (χ2n) is 9.05.